The van der Waals surface area contributed by atoms with E-state index in [1.165, 1.54) is 12.1 Å². The molecule has 0 fully saturated rings. The second-order valence-electron chi connectivity index (χ2n) is 3.59. The third-order valence-corrected chi connectivity index (χ3v) is 2.23. The lowest BCUT2D eigenvalue weighted by Gasteiger charge is -2.13. The second-order valence-corrected chi connectivity index (χ2v) is 3.59. The molecular formula is C11H11F3O4. The van der Waals surface area contributed by atoms with Gasteiger partial charge in [-0.2, -0.15) is 0 Å². The Kier molecular flexibility index (Phi) is 4.55. The first-order valence-corrected chi connectivity index (χ1v) is 5.00. The highest BCUT2D eigenvalue weighted by molar-refractivity contribution is 5.68. The topological polar surface area (TPSA) is 66.8 Å². The molecule has 0 bridgehead atoms. The summed E-state index contributed by atoms with van der Waals surface area (Å²) in [5, 5.41) is 17.6. The van der Waals surface area contributed by atoms with Crippen LogP contribution in [0, 0.1) is 0 Å². The predicted molar refractivity (Wildman–Crippen MR) is 55.2 cm³/mol. The molecule has 4 nitrogen and oxygen atoms in total. The van der Waals surface area contributed by atoms with Gasteiger partial charge in [-0.05, 0) is 17.7 Å². The first kappa shape index (κ1) is 14.3. The number of ether oxygens (including phenoxy) is 1. The van der Waals surface area contributed by atoms with Gasteiger partial charge < -0.3 is 14.9 Å². The molecule has 1 atom stereocenters. The molecule has 18 heavy (non-hydrogen) atoms. The third-order valence-electron chi connectivity index (χ3n) is 2.23. The number of halogens is 3. The van der Waals surface area contributed by atoms with Crippen LogP contribution in [0.25, 0.3) is 0 Å². The van der Waals surface area contributed by atoms with Gasteiger partial charge >= 0.3 is 12.3 Å². The molecule has 0 saturated carbocycles. The van der Waals surface area contributed by atoms with Gasteiger partial charge in [0.05, 0.1) is 13.0 Å². The molecule has 0 aliphatic rings. The van der Waals surface area contributed by atoms with Crippen molar-refractivity contribution in [2.24, 2.45) is 0 Å². The zero-order valence-electron chi connectivity index (χ0n) is 9.15. The molecule has 100 valence electrons. The Bertz CT molecular complexity index is 400. The van der Waals surface area contributed by atoms with Crippen LogP contribution >= 0.6 is 0 Å². The molecule has 1 aromatic rings. The summed E-state index contributed by atoms with van der Waals surface area (Å²) in [5.74, 6) is -2.13. The third kappa shape index (κ3) is 4.62. The van der Waals surface area contributed by atoms with E-state index >= 15 is 0 Å². The summed E-state index contributed by atoms with van der Waals surface area (Å²) in [6.45, 7) is -0.397. The van der Waals surface area contributed by atoms with Gasteiger partial charge in [-0.25, -0.2) is 0 Å². The number of carbonyl (C=O) groups is 1. The Morgan fingerprint density at radius 3 is 2.22 bits per heavy atom. The lowest BCUT2D eigenvalue weighted by molar-refractivity contribution is -0.274. The summed E-state index contributed by atoms with van der Waals surface area (Å²) in [5.41, 5.74) is 0.439. The van der Waals surface area contributed by atoms with Crippen molar-refractivity contribution in [3.05, 3.63) is 29.8 Å². The zero-order chi connectivity index (χ0) is 13.8. The van der Waals surface area contributed by atoms with E-state index in [0.29, 0.717) is 5.56 Å². The smallest absolute Gasteiger partial charge is 0.481 e. The fourth-order valence-corrected chi connectivity index (χ4v) is 1.44. The Labute approximate surface area is 101 Å². The Morgan fingerprint density at radius 1 is 1.28 bits per heavy atom. The molecule has 0 aromatic heterocycles. The van der Waals surface area contributed by atoms with E-state index in [4.69, 9.17) is 10.2 Å². The molecule has 0 spiro atoms. The van der Waals surface area contributed by atoms with Crippen molar-refractivity contribution in [2.45, 2.75) is 18.7 Å². The number of benzene rings is 1. The minimum Gasteiger partial charge on any atom is -0.481 e. The fourth-order valence-electron chi connectivity index (χ4n) is 1.44. The molecule has 1 unspecified atom stereocenters. The highest BCUT2D eigenvalue weighted by Crippen LogP contribution is 2.26. The number of rotatable bonds is 5. The average Bonchev–Trinajstić information content (AvgIpc) is 2.24. The maximum absolute atomic E-state index is 11.9. The largest absolute Gasteiger partial charge is 0.573 e. The Balaban J connectivity index is 2.77. The van der Waals surface area contributed by atoms with Gasteiger partial charge in [0.15, 0.2) is 0 Å². The summed E-state index contributed by atoms with van der Waals surface area (Å²) in [6.07, 6.45) is -5.06. The zero-order valence-corrected chi connectivity index (χ0v) is 9.15. The van der Waals surface area contributed by atoms with Crippen LogP contribution in [0.2, 0.25) is 0 Å². The van der Waals surface area contributed by atoms with Crippen LogP contribution < -0.4 is 4.74 Å². The van der Waals surface area contributed by atoms with E-state index in [1.54, 1.807) is 0 Å². The maximum Gasteiger partial charge on any atom is 0.573 e. The highest BCUT2D eigenvalue weighted by atomic mass is 19.4. The number of hydrogen-bond acceptors (Lipinski definition) is 3. The van der Waals surface area contributed by atoms with Gasteiger partial charge in [0, 0.05) is 5.92 Å². The van der Waals surface area contributed by atoms with Crippen molar-refractivity contribution in [3.63, 3.8) is 0 Å². The summed E-state index contributed by atoms with van der Waals surface area (Å²) in [7, 11) is 0. The van der Waals surface area contributed by atoms with Crippen molar-refractivity contribution in [1.29, 1.82) is 0 Å². The number of hydrogen-bond donors (Lipinski definition) is 2. The summed E-state index contributed by atoms with van der Waals surface area (Å²) < 4.78 is 39.4. The van der Waals surface area contributed by atoms with Gasteiger partial charge in [0.25, 0.3) is 0 Å². The van der Waals surface area contributed by atoms with Gasteiger partial charge in [-0.1, -0.05) is 12.1 Å². The van der Waals surface area contributed by atoms with Crippen molar-refractivity contribution < 1.29 is 32.9 Å². The Morgan fingerprint density at radius 2 is 1.83 bits per heavy atom. The lowest BCUT2D eigenvalue weighted by atomic mass is 9.97. The van der Waals surface area contributed by atoms with E-state index in [9.17, 15) is 18.0 Å². The van der Waals surface area contributed by atoms with E-state index in [-0.39, 0.29) is 6.42 Å². The van der Waals surface area contributed by atoms with Crippen molar-refractivity contribution in [3.8, 4) is 5.75 Å². The molecule has 0 radical (unpaired) electrons. The number of aliphatic hydroxyl groups is 1. The van der Waals surface area contributed by atoms with Crippen LogP contribution in [0.1, 0.15) is 17.9 Å². The molecule has 0 heterocycles. The molecule has 1 aromatic carbocycles. The molecule has 0 amide bonds. The normalized spacial score (nSPS) is 13.1. The minimum absolute atomic E-state index is 0.296. The monoisotopic (exact) mass is 264 g/mol. The van der Waals surface area contributed by atoms with Gasteiger partial charge in [-0.3, -0.25) is 4.79 Å². The van der Waals surface area contributed by atoms with E-state index in [1.807, 2.05) is 0 Å². The van der Waals surface area contributed by atoms with Crippen molar-refractivity contribution in [2.75, 3.05) is 6.61 Å². The van der Waals surface area contributed by atoms with Crippen LogP contribution in [0.3, 0.4) is 0 Å². The molecule has 0 saturated heterocycles. The second kappa shape index (κ2) is 5.72. The molecule has 1 rings (SSSR count). The van der Waals surface area contributed by atoms with Crippen LogP contribution in [0.15, 0.2) is 24.3 Å². The van der Waals surface area contributed by atoms with E-state index in [0.717, 1.165) is 12.1 Å². The van der Waals surface area contributed by atoms with Crippen molar-refractivity contribution >= 4 is 5.97 Å². The number of aliphatic hydroxyl groups excluding tert-OH is 1. The average molecular weight is 264 g/mol. The number of aliphatic carboxylic acids is 1. The van der Waals surface area contributed by atoms with E-state index < -0.39 is 30.6 Å². The Hall–Kier alpha value is -1.76. The predicted octanol–water partition coefficient (Wildman–Crippen LogP) is 2.14. The lowest BCUT2D eigenvalue weighted by Crippen LogP contribution is -2.17. The standard InChI is InChI=1S/C11H11F3O4/c12-11(13,14)18-9-3-1-7(2-4-9)8(6-15)5-10(16)17/h1-4,8,15H,5-6H2,(H,16,17). The summed E-state index contributed by atoms with van der Waals surface area (Å²) in [6, 6.07) is 4.75. The number of carboxylic acids is 1. The summed E-state index contributed by atoms with van der Waals surface area (Å²) >= 11 is 0. The minimum atomic E-state index is -4.76. The number of alkyl halides is 3. The summed E-state index contributed by atoms with van der Waals surface area (Å²) in [4.78, 5) is 10.5. The quantitative estimate of drug-likeness (QED) is 0.855. The van der Waals surface area contributed by atoms with E-state index in [2.05, 4.69) is 4.74 Å². The van der Waals surface area contributed by atoms with Crippen LogP contribution in [-0.2, 0) is 4.79 Å². The van der Waals surface area contributed by atoms with Gasteiger partial charge in [0.2, 0.25) is 0 Å². The molecule has 2 N–H and O–H groups in total. The molecular weight excluding hydrogens is 253 g/mol. The molecule has 0 aliphatic carbocycles. The van der Waals surface area contributed by atoms with Gasteiger partial charge in [0.1, 0.15) is 5.75 Å². The first-order chi connectivity index (χ1) is 8.31. The maximum atomic E-state index is 11.9. The fraction of sp³-hybridized carbons (Fsp3) is 0.364. The SMILES string of the molecule is O=C(O)CC(CO)c1ccc(OC(F)(F)F)cc1. The van der Waals surface area contributed by atoms with Crippen LogP contribution in [0.5, 0.6) is 5.75 Å². The molecule has 7 heteroatoms. The van der Waals surface area contributed by atoms with Crippen molar-refractivity contribution in [1.82, 2.24) is 0 Å². The van der Waals surface area contributed by atoms with Crippen LogP contribution in [0.4, 0.5) is 13.2 Å². The number of carboxylic acid groups (broad SMARTS) is 1. The van der Waals surface area contributed by atoms with Crippen LogP contribution in [-0.4, -0.2) is 29.2 Å². The highest BCUT2D eigenvalue weighted by Gasteiger charge is 2.31. The van der Waals surface area contributed by atoms with Gasteiger partial charge in [-0.15, -0.1) is 13.2 Å². The molecule has 0 aliphatic heterocycles. The first-order valence-electron chi connectivity index (χ1n) is 5.00.